The zero-order valence-corrected chi connectivity index (χ0v) is 8.97. The van der Waals surface area contributed by atoms with Crippen molar-refractivity contribution in [3.8, 4) is 0 Å². The number of ketones is 1. The van der Waals surface area contributed by atoms with Crippen LogP contribution in [0, 0.1) is 0 Å². The average molecular weight is 264 g/mol. The normalized spacial score (nSPS) is 15.4. The van der Waals surface area contributed by atoms with E-state index < -0.39 is 24.4 Å². The molecule has 0 bridgehead atoms. The number of anilines is 1. The molecule has 1 aliphatic heterocycles. The molecule has 0 saturated heterocycles. The fourth-order valence-electron chi connectivity index (χ4n) is 1.64. The monoisotopic (exact) mass is 263 g/mol. The summed E-state index contributed by atoms with van der Waals surface area (Å²) in [6.45, 7) is -1.50. The molecule has 3 nitrogen and oxygen atoms in total. The lowest BCUT2D eigenvalue weighted by Crippen LogP contribution is -2.38. The highest BCUT2D eigenvalue weighted by Gasteiger charge is 2.43. The first-order chi connectivity index (χ1) is 7.81. The number of carbonyl (C=O) groups excluding carboxylic acids is 2. The van der Waals surface area contributed by atoms with Crippen molar-refractivity contribution in [2.24, 2.45) is 0 Å². The maximum Gasteiger partial charge on any atom is 0.406 e. The minimum absolute atomic E-state index is 0.0227. The number of halogens is 4. The maximum atomic E-state index is 12.3. The van der Waals surface area contributed by atoms with Crippen LogP contribution in [0.4, 0.5) is 18.9 Å². The van der Waals surface area contributed by atoms with Crippen molar-refractivity contribution < 1.29 is 22.8 Å². The first kappa shape index (κ1) is 11.9. The SMILES string of the molecule is O=C1C(=O)N(CC(F)(F)F)c2cccc(Cl)c21. The summed E-state index contributed by atoms with van der Waals surface area (Å²) in [6.07, 6.45) is -4.57. The maximum absolute atomic E-state index is 12.3. The van der Waals surface area contributed by atoms with Crippen molar-refractivity contribution in [2.45, 2.75) is 6.18 Å². The van der Waals surface area contributed by atoms with Crippen molar-refractivity contribution in [3.63, 3.8) is 0 Å². The number of amides is 1. The van der Waals surface area contributed by atoms with Gasteiger partial charge < -0.3 is 0 Å². The van der Waals surface area contributed by atoms with Crippen LogP contribution >= 0.6 is 11.6 Å². The van der Waals surface area contributed by atoms with Gasteiger partial charge in [0.1, 0.15) is 6.54 Å². The van der Waals surface area contributed by atoms with Crippen molar-refractivity contribution >= 4 is 29.0 Å². The lowest BCUT2D eigenvalue weighted by molar-refractivity contribution is -0.129. The summed E-state index contributed by atoms with van der Waals surface area (Å²) in [7, 11) is 0. The minimum Gasteiger partial charge on any atom is -0.296 e. The molecule has 0 saturated carbocycles. The predicted octanol–water partition coefficient (Wildman–Crippen LogP) is 2.43. The fourth-order valence-corrected chi connectivity index (χ4v) is 1.89. The number of fused-ring (bicyclic) bond motifs is 1. The first-order valence-electron chi connectivity index (χ1n) is 4.53. The van der Waals surface area contributed by atoms with Crippen molar-refractivity contribution in [3.05, 3.63) is 28.8 Å². The predicted molar refractivity (Wildman–Crippen MR) is 54.2 cm³/mol. The Hall–Kier alpha value is -1.56. The van der Waals surface area contributed by atoms with Gasteiger partial charge in [-0.3, -0.25) is 14.5 Å². The molecule has 2 rings (SSSR count). The Bertz CT molecular complexity index is 513. The second kappa shape index (κ2) is 3.73. The average Bonchev–Trinajstić information content (AvgIpc) is 2.43. The molecule has 1 amide bonds. The molecule has 0 aliphatic carbocycles. The molecule has 17 heavy (non-hydrogen) atoms. The highest BCUT2D eigenvalue weighted by molar-refractivity contribution is 6.55. The van der Waals surface area contributed by atoms with Crippen LogP contribution in [0.2, 0.25) is 5.02 Å². The number of nitrogens with zero attached hydrogens (tertiary/aromatic N) is 1. The zero-order valence-electron chi connectivity index (χ0n) is 8.21. The molecule has 0 radical (unpaired) electrons. The van der Waals surface area contributed by atoms with Crippen LogP contribution in [0.3, 0.4) is 0 Å². The number of Topliss-reactive ketones (excluding diaryl/α,β-unsaturated/α-hetero) is 1. The van der Waals surface area contributed by atoms with E-state index in [1.807, 2.05) is 0 Å². The summed E-state index contributed by atoms with van der Waals surface area (Å²) in [5.74, 6) is -2.21. The minimum atomic E-state index is -4.57. The van der Waals surface area contributed by atoms with Gasteiger partial charge in [0.15, 0.2) is 0 Å². The van der Waals surface area contributed by atoms with Crippen molar-refractivity contribution in [2.75, 3.05) is 11.4 Å². The smallest absolute Gasteiger partial charge is 0.296 e. The van der Waals surface area contributed by atoms with Crippen LogP contribution < -0.4 is 4.90 Å². The van der Waals surface area contributed by atoms with Crippen LogP contribution in [0.25, 0.3) is 0 Å². The van der Waals surface area contributed by atoms with Crippen LogP contribution in [-0.2, 0) is 4.79 Å². The van der Waals surface area contributed by atoms with Gasteiger partial charge in [0, 0.05) is 0 Å². The molecule has 90 valence electrons. The van der Waals surface area contributed by atoms with Gasteiger partial charge in [0.25, 0.3) is 11.7 Å². The quantitative estimate of drug-likeness (QED) is 0.730. The Balaban J connectivity index is 2.49. The van der Waals surface area contributed by atoms with E-state index in [1.54, 1.807) is 0 Å². The van der Waals surface area contributed by atoms with Crippen molar-refractivity contribution in [1.82, 2.24) is 0 Å². The van der Waals surface area contributed by atoms with Gasteiger partial charge in [-0.05, 0) is 12.1 Å². The summed E-state index contributed by atoms with van der Waals surface area (Å²) < 4.78 is 36.8. The van der Waals surface area contributed by atoms with Crippen molar-refractivity contribution in [1.29, 1.82) is 0 Å². The van der Waals surface area contributed by atoms with Gasteiger partial charge in [-0.2, -0.15) is 13.2 Å². The topological polar surface area (TPSA) is 37.4 Å². The van der Waals surface area contributed by atoms with E-state index in [9.17, 15) is 22.8 Å². The van der Waals surface area contributed by atoms with Gasteiger partial charge >= 0.3 is 6.18 Å². The molecule has 1 aromatic carbocycles. The number of hydrogen-bond acceptors (Lipinski definition) is 2. The number of carbonyl (C=O) groups is 2. The number of benzene rings is 1. The van der Waals surface area contributed by atoms with E-state index in [-0.39, 0.29) is 16.3 Å². The Morgan fingerprint density at radius 1 is 1.24 bits per heavy atom. The summed E-state index contributed by atoms with van der Waals surface area (Å²) in [4.78, 5) is 23.3. The first-order valence-corrected chi connectivity index (χ1v) is 4.90. The standard InChI is InChI=1S/C10H5ClF3NO2/c11-5-2-1-3-6-7(5)8(16)9(17)15(6)4-10(12,13)14/h1-3H,4H2. The molecule has 0 N–H and O–H groups in total. The zero-order chi connectivity index (χ0) is 12.8. The van der Waals surface area contributed by atoms with Gasteiger partial charge in [-0.25, -0.2) is 0 Å². The highest BCUT2D eigenvalue weighted by atomic mass is 35.5. The molecule has 0 fully saturated rings. The van der Waals surface area contributed by atoms with Crippen LogP contribution in [0.5, 0.6) is 0 Å². The highest BCUT2D eigenvalue weighted by Crippen LogP contribution is 2.35. The summed E-state index contributed by atoms with van der Waals surface area (Å²) >= 11 is 5.69. The summed E-state index contributed by atoms with van der Waals surface area (Å²) in [5.41, 5.74) is -0.256. The largest absolute Gasteiger partial charge is 0.406 e. The van der Waals surface area contributed by atoms with E-state index in [2.05, 4.69) is 0 Å². The molecular formula is C10H5ClF3NO2. The van der Waals surface area contributed by atoms with Gasteiger partial charge in [-0.1, -0.05) is 17.7 Å². The van der Waals surface area contributed by atoms with Crippen LogP contribution in [0.15, 0.2) is 18.2 Å². The number of hydrogen-bond donors (Lipinski definition) is 0. The van der Waals surface area contributed by atoms with E-state index >= 15 is 0 Å². The van der Waals surface area contributed by atoms with Gasteiger partial charge in [0.05, 0.1) is 16.3 Å². The second-order valence-electron chi connectivity index (χ2n) is 3.47. The molecule has 1 heterocycles. The van der Waals surface area contributed by atoms with Gasteiger partial charge in [0.2, 0.25) is 0 Å². The van der Waals surface area contributed by atoms with E-state index in [0.29, 0.717) is 4.90 Å². The lowest BCUT2D eigenvalue weighted by Gasteiger charge is -2.18. The Morgan fingerprint density at radius 3 is 2.47 bits per heavy atom. The number of alkyl halides is 3. The molecule has 0 spiro atoms. The molecular weight excluding hydrogens is 259 g/mol. The summed E-state index contributed by atoms with van der Waals surface area (Å²) in [5, 5.41) is -0.0227. The fraction of sp³-hybridized carbons (Fsp3) is 0.200. The van der Waals surface area contributed by atoms with Gasteiger partial charge in [-0.15, -0.1) is 0 Å². The van der Waals surface area contributed by atoms with E-state index in [1.165, 1.54) is 18.2 Å². The summed E-state index contributed by atoms with van der Waals surface area (Å²) in [6, 6.07) is 3.99. The third-order valence-corrected chi connectivity index (χ3v) is 2.60. The molecule has 7 heteroatoms. The molecule has 0 aromatic heterocycles. The number of rotatable bonds is 1. The molecule has 1 aliphatic rings. The lowest BCUT2D eigenvalue weighted by atomic mass is 10.1. The molecule has 0 unspecified atom stereocenters. The Labute approximate surface area is 98.8 Å². The third-order valence-electron chi connectivity index (χ3n) is 2.29. The van der Waals surface area contributed by atoms with E-state index in [4.69, 9.17) is 11.6 Å². The Kier molecular flexibility index (Phi) is 2.61. The van der Waals surface area contributed by atoms with Crippen LogP contribution in [0.1, 0.15) is 10.4 Å². The van der Waals surface area contributed by atoms with Crippen LogP contribution in [-0.4, -0.2) is 24.4 Å². The Morgan fingerprint density at radius 2 is 1.88 bits per heavy atom. The van der Waals surface area contributed by atoms with E-state index in [0.717, 1.165) is 0 Å². The third kappa shape index (κ3) is 2.00. The molecule has 1 aromatic rings. The second-order valence-corrected chi connectivity index (χ2v) is 3.88. The molecule has 0 atom stereocenters.